The van der Waals surface area contributed by atoms with Gasteiger partial charge in [-0.3, -0.25) is 4.57 Å². The average molecular weight is 461 g/mol. The molecular weight excluding hydrogens is 439 g/mol. The van der Waals surface area contributed by atoms with E-state index < -0.39 is 0 Å². The van der Waals surface area contributed by atoms with Gasteiger partial charge in [0.05, 0.1) is 23.2 Å². The normalized spacial score (nSPS) is 18.9. The molecular formula is C22H22ClFN4O2S. The summed E-state index contributed by atoms with van der Waals surface area (Å²) in [5.41, 5.74) is 2.15. The number of benzene rings is 2. The maximum Gasteiger partial charge on any atom is 0.350 e. The fraction of sp³-hybridized carbons (Fsp3) is 0.364. The van der Waals surface area contributed by atoms with Gasteiger partial charge >= 0.3 is 5.69 Å². The number of nitrogens with one attached hydrogen (secondary N) is 1. The largest absolute Gasteiger partial charge is 0.379 e. The van der Waals surface area contributed by atoms with Crippen molar-refractivity contribution in [2.75, 3.05) is 43.9 Å². The second-order valence-electron chi connectivity index (χ2n) is 7.70. The topological polar surface area (TPSA) is 59.4 Å². The zero-order valence-electron chi connectivity index (χ0n) is 17.0. The van der Waals surface area contributed by atoms with Crippen molar-refractivity contribution in [2.24, 2.45) is 0 Å². The van der Waals surface area contributed by atoms with E-state index in [0.717, 1.165) is 53.1 Å². The van der Waals surface area contributed by atoms with Crippen molar-refractivity contribution in [1.29, 1.82) is 0 Å². The molecule has 1 atom stereocenters. The smallest absolute Gasteiger partial charge is 0.350 e. The van der Waals surface area contributed by atoms with Gasteiger partial charge in [-0.1, -0.05) is 23.7 Å². The number of hydrogen-bond donors (Lipinski definition) is 1. The molecule has 1 aromatic heterocycles. The van der Waals surface area contributed by atoms with Gasteiger partial charge in [-0.15, -0.1) is 11.8 Å². The number of halogens is 2. The molecule has 1 unspecified atom stereocenters. The standard InChI is InChI=1S/C22H22ClFN4O2S/c1-30-15-11-28-19-16(21(26-22(28)29)27-8-6-25-7-9-27)10-17(23)18(20(19)31-12-15)13-2-4-14(24)5-3-13/h2-5,10,15,25H,6-9,11-12H2,1H3. The Morgan fingerprint density at radius 1 is 1.26 bits per heavy atom. The van der Waals surface area contributed by atoms with E-state index in [4.69, 9.17) is 16.3 Å². The Morgan fingerprint density at radius 3 is 2.71 bits per heavy atom. The molecule has 1 saturated heterocycles. The van der Waals surface area contributed by atoms with Crippen LogP contribution in [-0.2, 0) is 11.3 Å². The number of hydrogen-bond acceptors (Lipinski definition) is 6. The van der Waals surface area contributed by atoms with Gasteiger partial charge in [0.2, 0.25) is 0 Å². The highest BCUT2D eigenvalue weighted by atomic mass is 35.5. The minimum absolute atomic E-state index is 0.134. The number of aromatic nitrogens is 2. The quantitative estimate of drug-likeness (QED) is 0.646. The lowest BCUT2D eigenvalue weighted by atomic mass is 10.0. The van der Waals surface area contributed by atoms with Crippen molar-refractivity contribution < 1.29 is 9.13 Å². The Bertz CT molecular complexity index is 1200. The first-order valence-corrected chi connectivity index (χ1v) is 11.6. The highest BCUT2D eigenvalue weighted by molar-refractivity contribution is 7.99. The molecule has 1 N–H and O–H groups in total. The number of methoxy groups -OCH3 is 1. The molecule has 9 heteroatoms. The molecule has 0 spiro atoms. The first-order valence-electron chi connectivity index (χ1n) is 10.2. The van der Waals surface area contributed by atoms with E-state index in [1.165, 1.54) is 12.1 Å². The summed E-state index contributed by atoms with van der Waals surface area (Å²) in [7, 11) is 1.65. The van der Waals surface area contributed by atoms with Crippen molar-refractivity contribution in [3.63, 3.8) is 0 Å². The summed E-state index contributed by atoms with van der Waals surface area (Å²) >= 11 is 8.44. The van der Waals surface area contributed by atoms with Crippen molar-refractivity contribution in [3.8, 4) is 11.1 Å². The van der Waals surface area contributed by atoms with Gasteiger partial charge in [0.15, 0.2) is 0 Å². The van der Waals surface area contributed by atoms with Crippen molar-refractivity contribution in [2.45, 2.75) is 17.5 Å². The van der Waals surface area contributed by atoms with Gasteiger partial charge in [0.25, 0.3) is 0 Å². The van der Waals surface area contributed by atoms with Crippen LogP contribution < -0.4 is 15.9 Å². The number of nitrogens with zero attached hydrogens (tertiary/aromatic N) is 3. The molecule has 31 heavy (non-hydrogen) atoms. The van der Waals surface area contributed by atoms with Crippen LogP contribution in [0.25, 0.3) is 22.0 Å². The Labute approximate surface area is 188 Å². The molecule has 2 aromatic carbocycles. The summed E-state index contributed by atoms with van der Waals surface area (Å²) in [6.45, 7) is 3.63. The van der Waals surface area contributed by atoms with Crippen LogP contribution in [0.5, 0.6) is 0 Å². The van der Waals surface area contributed by atoms with Gasteiger partial charge < -0.3 is 15.0 Å². The van der Waals surface area contributed by atoms with Crippen LogP contribution in [0.15, 0.2) is 40.0 Å². The molecule has 2 aliphatic rings. The molecule has 0 saturated carbocycles. The number of piperazine rings is 1. The molecule has 6 nitrogen and oxygen atoms in total. The van der Waals surface area contributed by atoms with E-state index in [1.54, 1.807) is 35.6 Å². The molecule has 2 aliphatic heterocycles. The van der Waals surface area contributed by atoms with E-state index in [-0.39, 0.29) is 17.6 Å². The number of rotatable bonds is 3. The van der Waals surface area contributed by atoms with E-state index in [0.29, 0.717) is 23.1 Å². The third kappa shape index (κ3) is 3.71. The zero-order chi connectivity index (χ0) is 21.5. The maximum atomic E-state index is 13.6. The van der Waals surface area contributed by atoms with E-state index in [2.05, 4.69) is 15.2 Å². The van der Waals surface area contributed by atoms with Crippen molar-refractivity contribution in [1.82, 2.24) is 14.9 Å². The maximum absolute atomic E-state index is 13.6. The fourth-order valence-corrected chi connectivity index (χ4v) is 5.94. The minimum atomic E-state index is -0.305. The summed E-state index contributed by atoms with van der Waals surface area (Å²) < 4.78 is 20.9. The first-order chi connectivity index (χ1) is 15.1. The highest BCUT2D eigenvalue weighted by Crippen LogP contribution is 2.45. The lowest BCUT2D eigenvalue weighted by molar-refractivity contribution is 0.107. The van der Waals surface area contributed by atoms with Gasteiger partial charge in [-0.05, 0) is 23.8 Å². The molecule has 1 fully saturated rings. The summed E-state index contributed by atoms with van der Waals surface area (Å²) in [5, 5.41) is 4.75. The Morgan fingerprint density at radius 2 is 2.00 bits per heavy atom. The van der Waals surface area contributed by atoms with Crippen LogP contribution in [0.4, 0.5) is 10.2 Å². The van der Waals surface area contributed by atoms with E-state index in [9.17, 15) is 9.18 Å². The third-order valence-corrected chi connectivity index (χ3v) is 7.36. The molecule has 5 rings (SSSR count). The van der Waals surface area contributed by atoms with Crippen LogP contribution >= 0.6 is 23.4 Å². The van der Waals surface area contributed by atoms with Gasteiger partial charge in [-0.2, -0.15) is 4.98 Å². The highest BCUT2D eigenvalue weighted by Gasteiger charge is 2.28. The first kappa shape index (κ1) is 20.8. The van der Waals surface area contributed by atoms with Gasteiger partial charge in [-0.25, -0.2) is 9.18 Å². The molecule has 162 valence electrons. The lowest BCUT2D eigenvalue weighted by Gasteiger charge is -2.30. The molecule has 0 amide bonds. The molecule has 0 aliphatic carbocycles. The van der Waals surface area contributed by atoms with E-state index in [1.807, 2.05) is 6.07 Å². The van der Waals surface area contributed by atoms with Crippen LogP contribution in [0.3, 0.4) is 0 Å². The van der Waals surface area contributed by atoms with E-state index >= 15 is 0 Å². The second-order valence-corrected chi connectivity index (χ2v) is 9.14. The van der Waals surface area contributed by atoms with Crippen molar-refractivity contribution >= 4 is 40.1 Å². The van der Waals surface area contributed by atoms with Crippen molar-refractivity contribution in [3.05, 3.63) is 51.7 Å². The fourth-order valence-electron chi connectivity index (χ4n) is 4.25. The monoisotopic (exact) mass is 460 g/mol. The minimum Gasteiger partial charge on any atom is -0.379 e. The van der Waals surface area contributed by atoms with Crippen LogP contribution in [0.2, 0.25) is 5.02 Å². The Balaban J connectivity index is 1.82. The predicted molar refractivity (Wildman–Crippen MR) is 123 cm³/mol. The number of thioether (sulfide) groups is 1. The summed E-state index contributed by atoms with van der Waals surface area (Å²) in [6.07, 6.45) is -0.134. The van der Waals surface area contributed by atoms with Crippen LogP contribution in [0, 0.1) is 5.82 Å². The SMILES string of the molecule is COC1CSc2c(-c3ccc(F)cc3)c(Cl)cc3c(N4CCNCC4)nc(=O)n(c23)C1. The second kappa shape index (κ2) is 8.43. The zero-order valence-corrected chi connectivity index (χ0v) is 18.6. The molecule has 3 aromatic rings. The number of ether oxygens (including phenoxy) is 1. The number of anilines is 1. The Kier molecular flexibility index (Phi) is 5.64. The molecule has 0 radical (unpaired) electrons. The predicted octanol–water partition coefficient (Wildman–Crippen LogP) is 3.39. The average Bonchev–Trinajstić information content (AvgIpc) is 2.98. The molecule has 0 bridgehead atoms. The lowest BCUT2D eigenvalue weighted by Crippen LogP contribution is -2.45. The summed E-state index contributed by atoms with van der Waals surface area (Å²) in [5.74, 6) is 1.04. The summed E-state index contributed by atoms with van der Waals surface area (Å²) in [4.78, 5) is 20.7. The molecule has 3 heterocycles. The van der Waals surface area contributed by atoms with Gasteiger partial charge in [0, 0.05) is 54.9 Å². The van der Waals surface area contributed by atoms with Crippen LogP contribution in [0.1, 0.15) is 0 Å². The van der Waals surface area contributed by atoms with Crippen LogP contribution in [-0.4, -0.2) is 54.7 Å². The Hall–Kier alpha value is -2.13. The summed E-state index contributed by atoms with van der Waals surface area (Å²) in [6, 6.07) is 8.19. The van der Waals surface area contributed by atoms with Gasteiger partial charge in [0.1, 0.15) is 11.6 Å². The third-order valence-electron chi connectivity index (χ3n) is 5.83.